The Balaban J connectivity index is 1.40. The molecule has 2 atom stereocenters. The van der Waals surface area contributed by atoms with E-state index in [2.05, 4.69) is 44.2 Å². The van der Waals surface area contributed by atoms with Crippen molar-refractivity contribution in [2.75, 3.05) is 18.0 Å². The number of aromatic hydroxyl groups is 1. The number of rotatable bonds is 3. The van der Waals surface area contributed by atoms with E-state index in [0.29, 0.717) is 23.5 Å². The molecule has 5 rings (SSSR count). The van der Waals surface area contributed by atoms with Crippen molar-refractivity contribution in [2.45, 2.75) is 32.9 Å². The SMILES string of the molecule is Cc1cn2cc(-c3cnc(-c4ccc(N5C[C@@H](C)N[C@@H](C)C5)nn4)c(O)c3)ccc2n1. The number of aryl methyl sites for hydroxylation is 1. The molecule has 4 aromatic rings. The molecule has 4 aromatic heterocycles. The molecular formula is C23H25N7O. The van der Waals surface area contributed by atoms with Gasteiger partial charge in [-0.2, -0.15) is 0 Å². The predicted molar refractivity (Wildman–Crippen MR) is 120 cm³/mol. The molecule has 1 aliphatic rings. The highest BCUT2D eigenvalue weighted by molar-refractivity contribution is 5.71. The Morgan fingerprint density at radius 2 is 1.81 bits per heavy atom. The van der Waals surface area contributed by atoms with E-state index in [1.165, 1.54) is 0 Å². The molecule has 0 aliphatic carbocycles. The van der Waals surface area contributed by atoms with Gasteiger partial charge in [-0.15, -0.1) is 10.2 Å². The van der Waals surface area contributed by atoms with Crippen molar-refractivity contribution >= 4 is 11.5 Å². The molecule has 0 aromatic carbocycles. The molecule has 0 bridgehead atoms. The molecule has 8 heteroatoms. The van der Waals surface area contributed by atoms with E-state index >= 15 is 0 Å². The molecule has 1 fully saturated rings. The van der Waals surface area contributed by atoms with Crippen molar-refractivity contribution in [3.05, 3.63) is 54.6 Å². The molecule has 0 radical (unpaired) electrons. The van der Waals surface area contributed by atoms with Gasteiger partial charge in [-0.05, 0) is 51.1 Å². The first-order valence-corrected chi connectivity index (χ1v) is 10.5. The molecule has 1 saturated heterocycles. The first kappa shape index (κ1) is 19.4. The Labute approximate surface area is 180 Å². The number of nitrogens with one attached hydrogen (secondary N) is 1. The summed E-state index contributed by atoms with van der Waals surface area (Å²) in [5.41, 5.74) is 4.58. The standard InChI is InChI=1S/C23H25N7O/c1-14-10-29(11-15(2)25-14)22-7-5-19(27-28-22)23-20(31)8-18(9-24-23)17-4-6-21-26-16(3)12-30(21)13-17/h4-9,12-15,25,31H,10-11H2,1-3H3/t14-,15+. The third-order valence-corrected chi connectivity index (χ3v) is 5.55. The lowest BCUT2D eigenvalue weighted by molar-refractivity contribution is 0.404. The fourth-order valence-electron chi connectivity index (χ4n) is 4.23. The van der Waals surface area contributed by atoms with E-state index in [-0.39, 0.29) is 5.75 Å². The monoisotopic (exact) mass is 415 g/mol. The fraction of sp³-hybridized carbons (Fsp3) is 0.304. The minimum absolute atomic E-state index is 0.0749. The van der Waals surface area contributed by atoms with Crippen LogP contribution in [0, 0.1) is 6.92 Å². The summed E-state index contributed by atoms with van der Waals surface area (Å²) in [7, 11) is 0. The van der Waals surface area contributed by atoms with E-state index in [4.69, 9.17) is 0 Å². The van der Waals surface area contributed by atoms with E-state index in [1.807, 2.05) is 48.0 Å². The number of hydrogen-bond acceptors (Lipinski definition) is 7. The maximum absolute atomic E-state index is 10.6. The molecule has 158 valence electrons. The first-order valence-electron chi connectivity index (χ1n) is 10.5. The molecule has 31 heavy (non-hydrogen) atoms. The molecule has 0 saturated carbocycles. The molecule has 1 aliphatic heterocycles. The lowest BCUT2D eigenvalue weighted by atomic mass is 10.1. The Kier molecular flexibility index (Phi) is 4.78. The normalized spacial score (nSPS) is 19.1. The van der Waals surface area contributed by atoms with Crippen LogP contribution >= 0.6 is 0 Å². The average Bonchev–Trinajstić information content (AvgIpc) is 3.12. The van der Waals surface area contributed by atoms with Gasteiger partial charge in [0.25, 0.3) is 0 Å². The maximum atomic E-state index is 10.6. The minimum atomic E-state index is 0.0749. The van der Waals surface area contributed by atoms with Gasteiger partial charge in [0, 0.05) is 54.9 Å². The largest absolute Gasteiger partial charge is 0.506 e. The van der Waals surface area contributed by atoms with Gasteiger partial charge in [-0.1, -0.05) is 0 Å². The Bertz CT molecular complexity index is 1220. The van der Waals surface area contributed by atoms with Crippen LogP contribution in [0.1, 0.15) is 19.5 Å². The van der Waals surface area contributed by atoms with Gasteiger partial charge in [0.15, 0.2) is 5.82 Å². The summed E-state index contributed by atoms with van der Waals surface area (Å²) in [6.07, 6.45) is 5.70. The van der Waals surface area contributed by atoms with Crippen molar-refractivity contribution in [1.82, 2.24) is 29.9 Å². The van der Waals surface area contributed by atoms with Crippen molar-refractivity contribution in [3.63, 3.8) is 0 Å². The third kappa shape index (κ3) is 3.82. The Morgan fingerprint density at radius 1 is 1.00 bits per heavy atom. The molecular weight excluding hydrogens is 390 g/mol. The maximum Gasteiger partial charge on any atom is 0.151 e. The van der Waals surface area contributed by atoms with Crippen molar-refractivity contribution in [2.24, 2.45) is 0 Å². The number of fused-ring (bicyclic) bond motifs is 1. The summed E-state index contributed by atoms with van der Waals surface area (Å²) in [6.45, 7) is 8.07. The van der Waals surface area contributed by atoms with Crippen molar-refractivity contribution in [3.8, 4) is 28.3 Å². The lowest BCUT2D eigenvalue weighted by Crippen LogP contribution is -2.54. The summed E-state index contributed by atoms with van der Waals surface area (Å²) >= 11 is 0. The number of nitrogens with zero attached hydrogens (tertiary/aromatic N) is 6. The lowest BCUT2D eigenvalue weighted by Gasteiger charge is -2.36. The van der Waals surface area contributed by atoms with Gasteiger partial charge in [0.1, 0.15) is 22.8 Å². The average molecular weight is 416 g/mol. The molecule has 5 heterocycles. The highest BCUT2D eigenvalue weighted by atomic mass is 16.3. The van der Waals surface area contributed by atoms with Gasteiger partial charge in [-0.25, -0.2) is 9.97 Å². The van der Waals surface area contributed by atoms with Crippen LogP contribution in [0.25, 0.3) is 28.2 Å². The quantitative estimate of drug-likeness (QED) is 0.531. The van der Waals surface area contributed by atoms with Gasteiger partial charge in [0.2, 0.25) is 0 Å². The van der Waals surface area contributed by atoms with Crippen LogP contribution in [0.15, 0.2) is 48.9 Å². The highest BCUT2D eigenvalue weighted by Crippen LogP contribution is 2.30. The summed E-state index contributed by atoms with van der Waals surface area (Å²) in [6, 6.07) is 10.2. The van der Waals surface area contributed by atoms with Gasteiger partial charge < -0.3 is 19.7 Å². The molecule has 0 unspecified atom stereocenters. The van der Waals surface area contributed by atoms with E-state index in [9.17, 15) is 5.11 Å². The molecule has 2 N–H and O–H groups in total. The number of imidazole rings is 1. The van der Waals surface area contributed by atoms with Gasteiger partial charge >= 0.3 is 0 Å². The number of anilines is 1. The third-order valence-electron chi connectivity index (χ3n) is 5.55. The second kappa shape index (κ2) is 7.63. The first-order chi connectivity index (χ1) is 15.0. The van der Waals surface area contributed by atoms with Crippen LogP contribution in [-0.2, 0) is 0 Å². The second-order valence-corrected chi connectivity index (χ2v) is 8.31. The minimum Gasteiger partial charge on any atom is -0.506 e. The van der Waals surface area contributed by atoms with E-state index in [0.717, 1.165) is 41.4 Å². The summed E-state index contributed by atoms with van der Waals surface area (Å²) in [5, 5.41) is 22.9. The van der Waals surface area contributed by atoms with Crippen LogP contribution in [-0.4, -0.2) is 54.8 Å². The smallest absolute Gasteiger partial charge is 0.151 e. The summed E-state index contributed by atoms with van der Waals surface area (Å²) in [4.78, 5) is 11.1. The number of hydrogen-bond donors (Lipinski definition) is 2. The Morgan fingerprint density at radius 3 is 2.52 bits per heavy atom. The van der Waals surface area contributed by atoms with Gasteiger partial charge in [0.05, 0.1) is 5.69 Å². The van der Waals surface area contributed by atoms with Crippen LogP contribution in [0.5, 0.6) is 5.75 Å². The zero-order valence-corrected chi connectivity index (χ0v) is 17.8. The number of aromatic nitrogens is 5. The zero-order chi connectivity index (χ0) is 21.5. The topological polar surface area (TPSA) is 91.5 Å². The molecule has 8 nitrogen and oxygen atoms in total. The van der Waals surface area contributed by atoms with E-state index in [1.54, 1.807) is 12.3 Å². The second-order valence-electron chi connectivity index (χ2n) is 8.31. The summed E-state index contributed by atoms with van der Waals surface area (Å²) in [5.74, 6) is 0.912. The Hall–Kier alpha value is -3.52. The highest BCUT2D eigenvalue weighted by Gasteiger charge is 2.22. The van der Waals surface area contributed by atoms with Crippen LogP contribution in [0.2, 0.25) is 0 Å². The zero-order valence-electron chi connectivity index (χ0n) is 17.8. The van der Waals surface area contributed by atoms with Crippen molar-refractivity contribution < 1.29 is 5.11 Å². The summed E-state index contributed by atoms with van der Waals surface area (Å²) < 4.78 is 1.97. The number of piperazine rings is 1. The van der Waals surface area contributed by atoms with Crippen LogP contribution in [0.4, 0.5) is 5.82 Å². The number of pyridine rings is 2. The van der Waals surface area contributed by atoms with Crippen LogP contribution < -0.4 is 10.2 Å². The van der Waals surface area contributed by atoms with Crippen LogP contribution in [0.3, 0.4) is 0 Å². The molecule has 0 amide bonds. The molecule has 0 spiro atoms. The van der Waals surface area contributed by atoms with Crippen molar-refractivity contribution in [1.29, 1.82) is 0 Å². The predicted octanol–water partition coefficient (Wildman–Crippen LogP) is 3.05. The fourth-order valence-corrected chi connectivity index (χ4v) is 4.23. The van der Waals surface area contributed by atoms with Gasteiger partial charge in [-0.3, -0.25) is 0 Å². The van der Waals surface area contributed by atoms with E-state index < -0.39 is 0 Å².